The maximum absolute atomic E-state index is 13.0. The molecule has 4 heterocycles. The lowest BCUT2D eigenvalue weighted by Crippen LogP contribution is -2.34. The van der Waals surface area contributed by atoms with Crippen molar-refractivity contribution in [1.82, 2.24) is 9.97 Å². The number of carbonyl (C=O) groups is 2. The van der Waals surface area contributed by atoms with Crippen LogP contribution in [0.4, 0.5) is 10.8 Å². The van der Waals surface area contributed by atoms with E-state index >= 15 is 0 Å². The number of rotatable bonds is 4. The molecule has 1 amide bonds. The molecule has 1 fully saturated rings. The second kappa shape index (κ2) is 6.85. The summed E-state index contributed by atoms with van der Waals surface area (Å²) in [4.78, 5) is 35.2. The van der Waals surface area contributed by atoms with Gasteiger partial charge in [-0.3, -0.25) is 4.79 Å². The summed E-state index contributed by atoms with van der Waals surface area (Å²) in [6, 6.07) is 8.81. The van der Waals surface area contributed by atoms with Crippen LogP contribution in [0.2, 0.25) is 0 Å². The van der Waals surface area contributed by atoms with Crippen LogP contribution in [0.25, 0.3) is 22.1 Å². The predicted molar refractivity (Wildman–Crippen MR) is 109 cm³/mol. The Labute approximate surface area is 169 Å². The van der Waals surface area contributed by atoms with Crippen molar-refractivity contribution in [3.05, 3.63) is 47.6 Å². The molecule has 1 unspecified atom stereocenters. The first-order valence-electron chi connectivity index (χ1n) is 9.03. The van der Waals surface area contributed by atoms with Crippen molar-refractivity contribution in [2.75, 3.05) is 23.9 Å². The van der Waals surface area contributed by atoms with Crippen LogP contribution in [-0.4, -0.2) is 41.5 Å². The van der Waals surface area contributed by atoms with E-state index in [1.54, 1.807) is 16.3 Å². The maximum atomic E-state index is 13.0. The van der Waals surface area contributed by atoms with Gasteiger partial charge in [-0.05, 0) is 30.0 Å². The lowest BCUT2D eigenvalue weighted by atomic mass is 10.2. The monoisotopic (exact) mass is 408 g/mol. The summed E-state index contributed by atoms with van der Waals surface area (Å²) in [5.41, 5.74) is 2.33. The Balaban J connectivity index is 1.45. The van der Waals surface area contributed by atoms with E-state index in [1.807, 2.05) is 24.3 Å². The number of nitrogens with one attached hydrogen (secondary N) is 1. The van der Waals surface area contributed by atoms with E-state index in [1.165, 1.54) is 24.8 Å². The lowest BCUT2D eigenvalue weighted by Gasteiger charge is -2.17. The molecule has 1 atom stereocenters. The van der Waals surface area contributed by atoms with Crippen LogP contribution in [-0.2, 0) is 9.53 Å². The quantitative estimate of drug-likeness (QED) is 0.517. The van der Waals surface area contributed by atoms with Crippen molar-refractivity contribution in [1.29, 1.82) is 0 Å². The Morgan fingerprint density at radius 2 is 2.17 bits per heavy atom. The molecule has 0 radical (unpaired) electrons. The molecule has 9 heteroatoms. The van der Waals surface area contributed by atoms with Gasteiger partial charge in [0.2, 0.25) is 5.91 Å². The molecule has 1 N–H and O–H groups in total. The number of esters is 1. The molecule has 1 aromatic carbocycles. The van der Waals surface area contributed by atoms with Crippen molar-refractivity contribution in [2.24, 2.45) is 0 Å². The van der Waals surface area contributed by atoms with Crippen molar-refractivity contribution in [2.45, 2.75) is 12.5 Å². The van der Waals surface area contributed by atoms with E-state index in [2.05, 4.69) is 15.3 Å². The number of hydrogen-bond donors (Lipinski definition) is 1. The molecule has 5 rings (SSSR count). The lowest BCUT2D eigenvalue weighted by molar-refractivity contribution is -0.117. The van der Waals surface area contributed by atoms with Gasteiger partial charge in [-0.2, -0.15) is 0 Å². The van der Waals surface area contributed by atoms with Gasteiger partial charge in [0.25, 0.3) is 0 Å². The normalized spacial score (nSPS) is 16.7. The maximum Gasteiger partial charge on any atom is 0.340 e. The van der Waals surface area contributed by atoms with Gasteiger partial charge in [0.1, 0.15) is 28.5 Å². The van der Waals surface area contributed by atoms with Crippen molar-refractivity contribution < 1.29 is 18.7 Å². The third-order valence-electron chi connectivity index (χ3n) is 4.97. The minimum absolute atomic E-state index is 0.125. The van der Waals surface area contributed by atoms with E-state index < -0.39 is 12.0 Å². The number of thiophene rings is 1. The van der Waals surface area contributed by atoms with Gasteiger partial charge in [-0.25, -0.2) is 14.8 Å². The summed E-state index contributed by atoms with van der Waals surface area (Å²) in [6.45, 7) is 0.495. The van der Waals surface area contributed by atoms with Crippen LogP contribution >= 0.6 is 11.3 Å². The molecular weight excluding hydrogens is 392 g/mol. The number of nitrogens with zero attached hydrogens (tertiary/aromatic N) is 3. The number of methoxy groups -OCH3 is 1. The van der Waals surface area contributed by atoms with Gasteiger partial charge in [0.15, 0.2) is 11.4 Å². The average Bonchev–Trinajstić information content (AvgIpc) is 3.45. The molecule has 1 aliphatic rings. The van der Waals surface area contributed by atoms with Gasteiger partial charge in [0, 0.05) is 11.9 Å². The number of ether oxygens (including phenoxy) is 1. The first-order chi connectivity index (χ1) is 14.2. The van der Waals surface area contributed by atoms with E-state index in [0.717, 1.165) is 5.39 Å². The number of fused-ring (bicyclic) bond motifs is 3. The SMILES string of the molecule is COC(=O)c1ccsc1N1CCC(Nc2ncnc3c2oc2ccccc23)C1=O. The number of furan rings is 1. The van der Waals surface area contributed by atoms with Crippen LogP contribution in [0.3, 0.4) is 0 Å². The van der Waals surface area contributed by atoms with Crippen LogP contribution in [0.5, 0.6) is 0 Å². The Hall–Kier alpha value is -3.46. The van der Waals surface area contributed by atoms with Crippen molar-refractivity contribution >= 4 is 56.1 Å². The number of aromatic nitrogens is 2. The molecule has 3 aromatic heterocycles. The van der Waals surface area contributed by atoms with Crippen LogP contribution < -0.4 is 10.2 Å². The fraction of sp³-hybridized carbons (Fsp3) is 0.200. The molecule has 0 aliphatic carbocycles. The third kappa shape index (κ3) is 2.82. The Morgan fingerprint density at radius 3 is 3.03 bits per heavy atom. The van der Waals surface area contributed by atoms with E-state index in [9.17, 15) is 9.59 Å². The smallest absolute Gasteiger partial charge is 0.340 e. The molecule has 146 valence electrons. The molecule has 1 aliphatic heterocycles. The number of benzene rings is 1. The highest BCUT2D eigenvalue weighted by Gasteiger charge is 2.36. The summed E-state index contributed by atoms with van der Waals surface area (Å²) >= 11 is 1.34. The summed E-state index contributed by atoms with van der Waals surface area (Å²) < 4.78 is 10.7. The Morgan fingerprint density at radius 1 is 1.31 bits per heavy atom. The van der Waals surface area contributed by atoms with E-state index in [0.29, 0.717) is 46.0 Å². The van der Waals surface area contributed by atoms with Crippen LogP contribution in [0.15, 0.2) is 46.5 Å². The summed E-state index contributed by atoms with van der Waals surface area (Å²) in [6.07, 6.45) is 2.03. The van der Waals surface area contributed by atoms with E-state index in [4.69, 9.17) is 9.15 Å². The van der Waals surface area contributed by atoms with E-state index in [-0.39, 0.29) is 5.91 Å². The van der Waals surface area contributed by atoms with Gasteiger partial charge in [0.05, 0.1) is 12.7 Å². The zero-order valence-corrected chi connectivity index (χ0v) is 16.2. The minimum atomic E-state index is -0.478. The third-order valence-corrected chi connectivity index (χ3v) is 5.91. The Kier molecular flexibility index (Phi) is 4.17. The molecule has 1 saturated heterocycles. The van der Waals surface area contributed by atoms with Crippen LogP contribution in [0, 0.1) is 0 Å². The van der Waals surface area contributed by atoms with Crippen molar-refractivity contribution in [3.8, 4) is 0 Å². The predicted octanol–water partition coefficient (Wildman–Crippen LogP) is 3.44. The van der Waals surface area contributed by atoms with Gasteiger partial charge < -0.3 is 19.4 Å². The minimum Gasteiger partial charge on any atom is -0.465 e. The summed E-state index contributed by atoms with van der Waals surface area (Å²) in [5, 5.41) is 6.47. The fourth-order valence-electron chi connectivity index (χ4n) is 3.58. The van der Waals surface area contributed by atoms with Gasteiger partial charge >= 0.3 is 5.97 Å². The van der Waals surface area contributed by atoms with Gasteiger partial charge in [-0.1, -0.05) is 12.1 Å². The summed E-state index contributed by atoms with van der Waals surface area (Å²) in [5.74, 6) is -0.100. The Bertz CT molecular complexity index is 1250. The molecule has 0 spiro atoms. The number of hydrogen-bond acceptors (Lipinski definition) is 8. The first-order valence-corrected chi connectivity index (χ1v) is 9.91. The fourth-order valence-corrected chi connectivity index (χ4v) is 4.50. The molecule has 0 bridgehead atoms. The number of amides is 1. The zero-order chi connectivity index (χ0) is 20.0. The largest absolute Gasteiger partial charge is 0.465 e. The van der Waals surface area contributed by atoms with Crippen LogP contribution in [0.1, 0.15) is 16.8 Å². The highest BCUT2D eigenvalue weighted by molar-refractivity contribution is 7.14. The molecule has 0 saturated carbocycles. The molecule has 29 heavy (non-hydrogen) atoms. The number of carbonyl (C=O) groups excluding carboxylic acids is 2. The highest BCUT2D eigenvalue weighted by Crippen LogP contribution is 2.34. The van der Waals surface area contributed by atoms with Crippen molar-refractivity contribution in [3.63, 3.8) is 0 Å². The standard InChI is InChI=1S/C20H16N4O4S/c1-27-20(26)12-7-9-29-19(12)24-8-6-13(18(24)25)23-17-16-15(21-10-22-17)11-4-2-3-5-14(11)28-16/h2-5,7,9-10,13H,6,8H2,1H3,(H,21,22,23). The second-order valence-corrected chi connectivity index (χ2v) is 7.50. The number of para-hydroxylation sites is 1. The zero-order valence-electron chi connectivity index (χ0n) is 15.4. The van der Waals surface area contributed by atoms with Gasteiger partial charge in [-0.15, -0.1) is 11.3 Å². The molecule has 8 nitrogen and oxygen atoms in total. The number of anilines is 2. The second-order valence-electron chi connectivity index (χ2n) is 6.60. The summed E-state index contributed by atoms with van der Waals surface area (Å²) in [7, 11) is 1.33. The molecular formula is C20H16N4O4S. The average molecular weight is 408 g/mol. The topological polar surface area (TPSA) is 97.6 Å². The highest BCUT2D eigenvalue weighted by atomic mass is 32.1. The first kappa shape index (κ1) is 17.6. The molecule has 4 aromatic rings.